The van der Waals surface area contributed by atoms with E-state index in [0.717, 1.165) is 66.2 Å². The van der Waals surface area contributed by atoms with Crippen LogP contribution in [0.3, 0.4) is 0 Å². The normalized spacial score (nSPS) is 14.7. The van der Waals surface area contributed by atoms with Gasteiger partial charge in [-0.15, -0.1) is 11.3 Å². The van der Waals surface area contributed by atoms with Crippen molar-refractivity contribution in [2.45, 2.75) is 20.4 Å². The van der Waals surface area contributed by atoms with Crippen molar-refractivity contribution in [3.8, 4) is 11.5 Å². The second-order valence-corrected chi connectivity index (χ2v) is 8.94. The number of fused-ring (bicyclic) bond motifs is 1. The molecule has 31 heavy (non-hydrogen) atoms. The van der Waals surface area contributed by atoms with Crippen LogP contribution in [0.2, 0.25) is 0 Å². The van der Waals surface area contributed by atoms with Crippen molar-refractivity contribution in [1.29, 1.82) is 0 Å². The van der Waals surface area contributed by atoms with Crippen LogP contribution in [-0.2, 0) is 11.3 Å². The number of anilines is 1. The van der Waals surface area contributed by atoms with E-state index in [1.165, 1.54) is 10.4 Å². The predicted octanol–water partition coefficient (Wildman–Crippen LogP) is 3.66. The Bertz CT molecular complexity index is 1030. The van der Waals surface area contributed by atoms with Gasteiger partial charge < -0.3 is 19.1 Å². The Morgan fingerprint density at radius 1 is 1.13 bits per heavy atom. The van der Waals surface area contributed by atoms with E-state index in [4.69, 9.17) is 24.2 Å². The van der Waals surface area contributed by atoms with Gasteiger partial charge in [-0.3, -0.25) is 4.90 Å². The van der Waals surface area contributed by atoms with Gasteiger partial charge in [-0.05, 0) is 31.5 Å². The van der Waals surface area contributed by atoms with Gasteiger partial charge >= 0.3 is 0 Å². The number of morpholine rings is 1. The number of nitrogens with zero attached hydrogens (tertiary/aromatic N) is 4. The Balaban J connectivity index is 1.54. The number of thiophene rings is 1. The molecule has 7 nitrogen and oxygen atoms in total. The first-order valence-electron chi connectivity index (χ1n) is 10.6. The fraction of sp³-hybridized carbons (Fsp3) is 0.478. The molecule has 0 bridgehead atoms. The van der Waals surface area contributed by atoms with Gasteiger partial charge in [0.15, 0.2) is 11.5 Å². The van der Waals surface area contributed by atoms with Gasteiger partial charge in [0.1, 0.15) is 23.1 Å². The predicted molar refractivity (Wildman–Crippen MR) is 125 cm³/mol. The lowest BCUT2D eigenvalue weighted by atomic mass is 10.2. The van der Waals surface area contributed by atoms with Crippen molar-refractivity contribution in [3.05, 3.63) is 40.5 Å². The summed E-state index contributed by atoms with van der Waals surface area (Å²) in [6.07, 6.45) is 0. The Morgan fingerprint density at radius 2 is 1.87 bits per heavy atom. The number of methoxy groups -OCH3 is 1. The van der Waals surface area contributed by atoms with E-state index in [-0.39, 0.29) is 0 Å². The number of hydrogen-bond donors (Lipinski definition) is 0. The molecule has 8 heteroatoms. The largest absolute Gasteiger partial charge is 0.493 e. The molecule has 1 aliphatic heterocycles. The Kier molecular flexibility index (Phi) is 6.89. The summed E-state index contributed by atoms with van der Waals surface area (Å²) in [4.78, 5) is 16.7. The molecule has 3 aromatic rings. The van der Waals surface area contributed by atoms with Gasteiger partial charge in [0, 0.05) is 25.0 Å². The van der Waals surface area contributed by atoms with Crippen molar-refractivity contribution < 1.29 is 14.2 Å². The molecule has 0 saturated carbocycles. The van der Waals surface area contributed by atoms with E-state index >= 15 is 0 Å². The van der Waals surface area contributed by atoms with Gasteiger partial charge in [0.05, 0.1) is 38.8 Å². The average molecular weight is 443 g/mol. The quantitative estimate of drug-likeness (QED) is 0.528. The lowest BCUT2D eigenvalue weighted by Gasteiger charge is -2.26. The highest BCUT2D eigenvalue weighted by atomic mass is 32.1. The topological polar surface area (TPSA) is 60.0 Å². The molecule has 4 rings (SSSR count). The summed E-state index contributed by atoms with van der Waals surface area (Å²) in [6, 6.07) is 7.72. The summed E-state index contributed by atoms with van der Waals surface area (Å²) in [5.74, 6) is 3.33. The van der Waals surface area contributed by atoms with E-state index in [1.54, 1.807) is 18.4 Å². The first kappa shape index (κ1) is 21.8. The summed E-state index contributed by atoms with van der Waals surface area (Å²) >= 11 is 1.74. The number of hydrogen-bond acceptors (Lipinski definition) is 8. The van der Waals surface area contributed by atoms with Gasteiger partial charge in [0.2, 0.25) is 0 Å². The summed E-state index contributed by atoms with van der Waals surface area (Å²) in [5, 5.41) is 1.15. The summed E-state index contributed by atoms with van der Waals surface area (Å²) < 4.78 is 16.8. The molecule has 3 heterocycles. The third kappa shape index (κ3) is 4.92. The molecule has 0 amide bonds. The van der Waals surface area contributed by atoms with Crippen molar-refractivity contribution in [1.82, 2.24) is 14.9 Å². The third-order valence-corrected chi connectivity index (χ3v) is 6.74. The van der Waals surface area contributed by atoms with Crippen molar-refractivity contribution >= 4 is 27.4 Å². The number of benzene rings is 1. The zero-order chi connectivity index (χ0) is 21.8. The molecule has 0 unspecified atom stereocenters. The van der Waals surface area contributed by atoms with Crippen LogP contribution in [0, 0.1) is 13.8 Å². The van der Waals surface area contributed by atoms with Gasteiger partial charge in [0.25, 0.3) is 0 Å². The molecule has 0 N–H and O–H groups in total. The van der Waals surface area contributed by atoms with Crippen LogP contribution >= 0.6 is 11.3 Å². The van der Waals surface area contributed by atoms with Crippen LogP contribution in [0.25, 0.3) is 10.2 Å². The Labute approximate surface area is 187 Å². The van der Waals surface area contributed by atoms with Crippen LogP contribution in [0.15, 0.2) is 24.3 Å². The van der Waals surface area contributed by atoms with Crippen molar-refractivity contribution in [2.75, 3.05) is 58.5 Å². The lowest BCUT2D eigenvalue weighted by molar-refractivity contribution is 0.0331. The van der Waals surface area contributed by atoms with Crippen LogP contribution in [-0.4, -0.2) is 68.5 Å². The minimum atomic E-state index is 0.531. The number of aryl methyl sites for hydroxylation is 2. The molecule has 1 fully saturated rings. The zero-order valence-corrected chi connectivity index (χ0v) is 19.5. The maximum atomic E-state index is 5.99. The molecule has 2 aromatic heterocycles. The molecule has 0 atom stereocenters. The standard InChI is InChI=1S/C23H30N4O3S/c1-16-17(2)31-23-21(16)22(24-20(25-23)15-27-10-12-29-13-11-27)26(3)9-14-30-19-8-6-5-7-18(19)28-4/h5-8H,9-15H2,1-4H3. The Hall–Kier alpha value is -2.42. The van der Waals surface area contributed by atoms with E-state index in [1.807, 2.05) is 24.3 Å². The molecule has 1 aliphatic rings. The van der Waals surface area contributed by atoms with Crippen LogP contribution in [0.4, 0.5) is 5.82 Å². The van der Waals surface area contributed by atoms with E-state index in [2.05, 4.69) is 30.7 Å². The highest BCUT2D eigenvalue weighted by molar-refractivity contribution is 7.18. The average Bonchev–Trinajstić information content (AvgIpc) is 3.07. The number of aromatic nitrogens is 2. The monoisotopic (exact) mass is 442 g/mol. The maximum absolute atomic E-state index is 5.99. The molecule has 0 radical (unpaired) electrons. The molecular formula is C23H30N4O3S. The summed E-state index contributed by atoms with van der Waals surface area (Å²) in [5.41, 5.74) is 1.26. The molecular weight excluding hydrogens is 412 g/mol. The fourth-order valence-corrected chi connectivity index (χ4v) is 4.76. The van der Waals surface area contributed by atoms with Gasteiger partial charge in [-0.25, -0.2) is 9.97 Å². The fourth-order valence-electron chi connectivity index (χ4n) is 3.71. The van der Waals surface area contributed by atoms with Crippen LogP contribution in [0.5, 0.6) is 11.5 Å². The second kappa shape index (κ2) is 9.80. The van der Waals surface area contributed by atoms with Gasteiger partial charge in [-0.1, -0.05) is 12.1 Å². The first-order chi connectivity index (χ1) is 15.1. The second-order valence-electron chi connectivity index (χ2n) is 7.74. The first-order valence-corrected chi connectivity index (χ1v) is 11.4. The van der Waals surface area contributed by atoms with Gasteiger partial charge in [-0.2, -0.15) is 0 Å². The van der Waals surface area contributed by atoms with E-state index in [0.29, 0.717) is 13.2 Å². The Morgan fingerprint density at radius 3 is 2.61 bits per heavy atom. The minimum Gasteiger partial charge on any atom is -0.493 e. The number of rotatable bonds is 8. The highest BCUT2D eigenvalue weighted by Crippen LogP contribution is 2.35. The minimum absolute atomic E-state index is 0.531. The molecule has 0 spiro atoms. The highest BCUT2D eigenvalue weighted by Gasteiger charge is 2.19. The molecule has 1 saturated heterocycles. The third-order valence-electron chi connectivity index (χ3n) is 5.64. The number of para-hydroxylation sites is 2. The number of likely N-dealkylation sites (N-methyl/N-ethyl adjacent to an activating group) is 1. The van der Waals surface area contributed by atoms with E-state index in [9.17, 15) is 0 Å². The zero-order valence-electron chi connectivity index (χ0n) is 18.7. The van der Waals surface area contributed by atoms with Crippen LogP contribution in [0.1, 0.15) is 16.3 Å². The number of ether oxygens (including phenoxy) is 3. The summed E-state index contributed by atoms with van der Waals surface area (Å²) in [6.45, 7) is 9.66. The van der Waals surface area contributed by atoms with Crippen LogP contribution < -0.4 is 14.4 Å². The smallest absolute Gasteiger partial charge is 0.161 e. The summed E-state index contributed by atoms with van der Waals surface area (Å²) in [7, 11) is 3.72. The van der Waals surface area contributed by atoms with Crippen molar-refractivity contribution in [3.63, 3.8) is 0 Å². The molecule has 1 aromatic carbocycles. The molecule has 0 aliphatic carbocycles. The maximum Gasteiger partial charge on any atom is 0.161 e. The lowest BCUT2D eigenvalue weighted by Crippen LogP contribution is -2.36. The van der Waals surface area contributed by atoms with E-state index < -0.39 is 0 Å². The molecule has 166 valence electrons. The van der Waals surface area contributed by atoms with Crippen molar-refractivity contribution in [2.24, 2.45) is 0 Å². The SMILES string of the molecule is COc1ccccc1OCCN(C)c1nc(CN2CCOCC2)nc2sc(C)c(C)c12.